The summed E-state index contributed by atoms with van der Waals surface area (Å²) in [5, 5.41) is 50.6. The summed E-state index contributed by atoms with van der Waals surface area (Å²) in [5.41, 5.74) is 0.174. The van der Waals surface area contributed by atoms with Crippen LogP contribution in [0.3, 0.4) is 0 Å². The molecule has 0 saturated carbocycles. The molecule has 1 aromatic rings. The van der Waals surface area contributed by atoms with Crippen LogP contribution in [0.5, 0.6) is 0 Å². The van der Waals surface area contributed by atoms with Crippen molar-refractivity contribution in [1.82, 2.24) is 19.5 Å². The highest BCUT2D eigenvalue weighted by atomic mass is 16.4. The highest BCUT2D eigenvalue weighted by molar-refractivity contribution is 5.82. The van der Waals surface area contributed by atoms with E-state index in [2.05, 4.69) is 20.3 Å². The van der Waals surface area contributed by atoms with Gasteiger partial charge >= 0.3 is 11.7 Å². The number of unbranched alkanes of at least 4 members (excludes halogenated alkanes) is 3. The van der Waals surface area contributed by atoms with Crippen molar-refractivity contribution in [2.45, 2.75) is 77.2 Å². The summed E-state index contributed by atoms with van der Waals surface area (Å²) < 4.78 is 1.72. The van der Waals surface area contributed by atoms with Crippen molar-refractivity contribution < 1.29 is 30.3 Å². The normalized spacial score (nSPS) is 13.5. The number of carbonyl (C=O) groups is 1. The van der Waals surface area contributed by atoms with Gasteiger partial charge in [-0.1, -0.05) is 26.7 Å². The molecule has 38 heavy (non-hydrogen) atoms. The molecule has 0 fully saturated rings. The Morgan fingerprint density at radius 2 is 1.76 bits per heavy atom. The number of hydrogen-bond donors (Lipinski definition) is 7. The van der Waals surface area contributed by atoms with Crippen molar-refractivity contribution in [2.75, 3.05) is 18.5 Å². The number of H-pyrrole nitrogens is 1. The van der Waals surface area contributed by atoms with E-state index in [4.69, 9.17) is 10.2 Å². The lowest BCUT2D eigenvalue weighted by atomic mass is 10.1. The van der Waals surface area contributed by atoms with Gasteiger partial charge in [-0.2, -0.15) is 4.98 Å². The molecule has 7 N–H and O–H groups in total. The molecule has 1 aromatic carbocycles. The van der Waals surface area contributed by atoms with Crippen LogP contribution in [0.25, 0.3) is 22.6 Å². The van der Waals surface area contributed by atoms with E-state index in [0.717, 1.165) is 6.42 Å². The highest BCUT2D eigenvalue weighted by Gasteiger charge is 2.24. The molecule has 3 rings (SSSR count). The molecule has 13 nitrogen and oxygen atoms in total. The minimum atomic E-state index is -1.45. The number of rotatable bonds is 14. The number of aromatic amines is 1. The molecule has 0 bridgehead atoms. The average Bonchev–Trinajstić information content (AvgIpc) is 2.89. The van der Waals surface area contributed by atoms with E-state index in [1.54, 1.807) is 22.8 Å². The topological polar surface area (TPSA) is 211 Å². The number of aliphatic hydroxyl groups is 4. The molecule has 0 aromatic heterocycles. The van der Waals surface area contributed by atoms with E-state index in [0.29, 0.717) is 42.5 Å². The molecule has 3 atom stereocenters. The highest BCUT2D eigenvalue weighted by Crippen LogP contribution is 2.24. The molecule has 2 heterocycles. The van der Waals surface area contributed by atoms with Gasteiger partial charge < -0.3 is 35.4 Å². The number of hydrogen-bond acceptors (Lipinski definition) is 10. The lowest BCUT2D eigenvalue weighted by Gasteiger charge is -2.23. The summed E-state index contributed by atoms with van der Waals surface area (Å²) in [6.45, 7) is 3.98. The smallest absolute Gasteiger partial charge is 0.349 e. The second-order valence-electron chi connectivity index (χ2n) is 8.59. The van der Waals surface area contributed by atoms with Crippen LogP contribution in [-0.2, 0) is 11.3 Å². The Bertz CT molecular complexity index is 1260. The van der Waals surface area contributed by atoms with Gasteiger partial charge in [-0.15, -0.1) is 0 Å². The van der Waals surface area contributed by atoms with Gasteiger partial charge in [-0.25, -0.2) is 9.78 Å². The van der Waals surface area contributed by atoms with Gasteiger partial charge in [0, 0.05) is 31.8 Å². The van der Waals surface area contributed by atoms with Crippen LogP contribution in [-0.4, -0.2) is 82.5 Å². The number of carboxylic acid groups (broad SMARTS) is 1. The second-order valence-corrected chi connectivity index (χ2v) is 8.59. The number of nitrogens with one attached hydrogen (secondary N) is 2. The standard InChI is InChI=1S/C23H31N5O8.C2H6/c29-10-8-16(30)20(34)17(31)12-24-13-6-7-14-15(11-13)28(9-4-2-1-3-5-18(32)33)21-19(25-14)22(35)27-23(36)26-21;1-2/h6-7,11,16-17,20,24,29-31,34H,1-5,8-10,12H2,(H,32,33)(H,27,35,36);1-2H3. The zero-order chi connectivity index (χ0) is 28.2. The Hall–Kier alpha value is -3.39. The van der Waals surface area contributed by atoms with Crippen molar-refractivity contribution in [1.29, 1.82) is 0 Å². The van der Waals surface area contributed by atoms with Crippen LogP contribution < -0.4 is 16.6 Å². The van der Waals surface area contributed by atoms with Crippen LogP contribution in [0.2, 0.25) is 0 Å². The molecule has 0 radical (unpaired) electrons. The first-order chi connectivity index (χ1) is 18.2. The number of benzene rings is 1. The Kier molecular flexibility index (Phi) is 12.3. The van der Waals surface area contributed by atoms with Crippen molar-refractivity contribution in [3.8, 4) is 11.5 Å². The average molecular weight is 536 g/mol. The fraction of sp³-hybridized carbons (Fsp3) is 0.560. The number of aromatic nitrogens is 4. The van der Waals surface area contributed by atoms with Crippen LogP contribution in [0.1, 0.15) is 52.4 Å². The first kappa shape index (κ1) is 30.8. The zero-order valence-electron chi connectivity index (χ0n) is 21.6. The van der Waals surface area contributed by atoms with Gasteiger partial charge in [0.1, 0.15) is 6.10 Å². The van der Waals surface area contributed by atoms with Gasteiger partial charge in [-0.3, -0.25) is 14.6 Å². The maximum Gasteiger partial charge on any atom is 0.349 e. The Morgan fingerprint density at radius 1 is 1.05 bits per heavy atom. The van der Waals surface area contributed by atoms with Crippen LogP contribution in [0.4, 0.5) is 5.69 Å². The van der Waals surface area contributed by atoms with E-state index < -0.39 is 35.5 Å². The number of aliphatic carboxylic acids is 1. The number of carboxylic acids is 1. The van der Waals surface area contributed by atoms with Crippen molar-refractivity contribution in [2.24, 2.45) is 0 Å². The van der Waals surface area contributed by atoms with Gasteiger partial charge in [0.05, 0.1) is 23.2 Å². The third kappa shape index (κ3) is 8.31. The van der Waals surface area contributed by atoms with Gasteiger partial charge in [-0.05, 0) is 37.5 Å². The van der Waals surface area contributed by atoms with E-state index in [1.807, 2.05) is 13.8 Å². The number of anilines is 1. The molecule has 0 amide bonds. The lowest BCUT2D eigenvalue weighted by Crippen LogP contribution is -2.41. The molecule has 2 aliphatic heterocycles. The first-order valence-corrected chi connectivity index (χ1v) is 12.8. The fourth-order valence-electron chi connectivity index (χ4n) is 3.93. The molecule has 0 aliphatic carbocycles. The fourth-order valence-corrected chi connectivity index (χ4v) is 3.93. The van der Waals surface area contributed by atoms with Gasteiger partial charge in [0.15, 0.2) is 11.5 Å². The Morgan fingerprint density at radius 3 is 2.45 bits per heavy atom. The lowest BCUT2D eigenvalue weighted by molar-refractivity contribution is -0.137. The quantitative estimate of drug-likeness (QED) is 0.112. The summed E-state index contributed by atoms with van der Waals surface area (Å²) >= 11 is 0. The molecular formula is C25H37N5O8. The Balaban J connectivity index is 0.00000247. The molecular weight excluding hydrogens is 498 g/mol. The summed E-state index contributed by atoms with van der Waals surface area (Å²) in [7, 11) is 0. The zero-order valence-corrected chi connectivity index (χ0v) is 21.6. The summed E-state index contributed by atoms with van der Waals surface area (Å²) in [6.07, 6.45) is -1.37. The van der Waals surface area contributed by atoms with E-state index in [-0.39, 0.29) is 37.5 Å². The first-order valence-electron chi connectivity index (χ1n) is 12.8. The van der Waals surface area contributed by atoms with Crippen LogP contribution in [0.15, 0.2) is 27.8 Å². The summed E-state index contributed by atoms with van der Waals surface area (Å²) in [4.78, 5) is 45.4. The van der Waals surface area contributed by atoms with Gasteiger partial charge in [0.2, 0.25) is 0 Å². The summed E-state index contributed by atoms with van der Waals surface area (Å²) in [5.74, 6) is -0.719. The molecule has 2 aliphatic rings. The molecule has 0 saturated heterocycles. The van der Waals surface area contributed by atoms with Crippen LogP contribution >= 0.6 is 0 Å². The predicted octanol–water partition coefficient (Wildman–Crippen LogP) is 0.523. The number of aliphatic hydroxyl groups excluding tert-OH is 4. The van der Waals surface area contributed by atoms with E-state index in [9.17, 15) is 29.7 Å². The van der Waals surface area contributed by atoms with E-state index in [1.165, 1.54) is 0 Å². The number of aryl methyl sites for hydroxylation is 1. The summed E-state index contributed by atoms with van der Waals surface area (Å²) in [6, 6.07) is 5.04. The van der Waals surface area contributed by atoms with Gasteiger partial charge in [0.25, 0.3) is 5.56 Å². The van der Waals surface area contributed by atoms with Crippen molar-refractivity contribution in [3.05, 3.63) is 39.0 Å². The molecule has 13 heteroatoms. The Labute approximate surface area is 219 Å². The number of nitrogens with zero attached hydrogens (tertiary/aromatic N) is 3. The largest absolute Gasteiger partial charge is 0.481 e. The minimum absolute atomic E-state index is 0.0186. The molecule has 0 spiro atoms. The molecule has 210 valence electrons. The maximum absolute atomic E-state index is 12.4. The van der Waals surface area contributed by atoms with E-state index >= 15 is 0 Å². The minimum Gasteiger partial charge on any atom is -0.481 e. The molecule has 3 unspecified atom stereocenters. The van der Waals surface area contributed by atoms with Crippen molar-refractivity contribution >= 4 is 22.7 Å². The third-order valence-corrected chi connectivity index (χ3v) is 5.86. The monoisotopic (exact) mass is 535 g/mol. The second kappa shape index (κ2) is 15.1. The van der Waals surface area contributed by atoms with Crippen LogP contribution in [0, 0.1) is 0 Å². The SMILES string of the molecule is CC.O=C(O)CCCCCCn1c2nc(=O)[nH]c(=O)c-2nc2ccc(NCC(O)C(O)C(O)CCO)cc21. The third-order valence-electron chi connectivity index (χ3n) is 5.86. The predicted molar refractivity (Wildman–Crippen MR) is 141 cm³/mol. The van der Waals surface area contributed by atoms with Crippen molar-refractivity contribution in [3.63, 3.8) is 0 Å². The number of fused-ring (bicyclic) bond motifs is 2. The maximum atomic E-state index is 12.4.